The van der Waals surface area contributed by atoms with Crippen LogP contribution in [0.25, 0.3) is 11.0 Å². The Balaban J connectivity index is 1.38. The first-order valence-corrected chi connectivity index (χ1v) is 10.8. The van der Waals surface area contributed by atoms with Crippen LogP contribution >= 0.6 is 0 Å². The van der Waals surface area contributed by atoms with Crippen molar-refractivity contribution in [2.45, 2.75) is 13.3 Å². The number of carbonyl (C=O) groups is 2. The smallest absolute Gasteiger partial charge is 0.349 e. The van der Waals surface area contributed by atoms with E-state index in [1.165, 1.54) is 12.1 Å². The summed E-state index contributed by atoms with van der Waals surface area (Å²) >= 11 is 0. The van der Waals surface area contributed by atoms with Crippen molar-refractivity contribution in [1.82, 2.24) is 5.32 Å². The number of hydrogen-bond donors (Lipinski definition) is 1. The van der Waals surface area contributed by atoms with E-state index in [0.29, 0.717) is 24.1 Å². The highest BCUT2D eigenvalue weighted by molar-refractivity contribution is 5.96. The van der Waals surface area contributed by atoms with Crippen molar-refractivity contribution in [3.05, 3.63) is 106 Å². The number of para-hydroxylation sites is 1. The Morgan fingerprint density at radius 1 is 0.941 bits per heavy atom. The van der Waals surface area contributed by atoms with Crippen LogP contribution in [0.15, 0.2) is 88.1 Å². The Hall–Kier alpha value is -4.39. The van der Waals surface area contributed by atoms with E-state index in [1.54, 1.807) is 18.2 Å². The van der Waals surface area contributed by atoms with Crippen LogP contribution in [0.5, 0.6) is 11.5 Å². The molecule has 4 rings (SSSR count). The zero-order chi connectivity index (χ0) is 23.9. The van der Waals surface area contributed by atoms with E-state index >= 15 is 0 Å². The van der Waals surface area contributed by atoms with Crippen molar-refractivity contribution in [1.29, 1.82) is 0 Å². The molecule has 0 spiro atoms. The van der Waals surface area contributed by atoms with Gasteiger partial charge in [0.05, 0.1) is 0 Å². The third kappa shape index (κ3) is 5.69. The van der Waals surface area contributed by atoms with Gasteiger partial charge >= 0.3 is 11.6 Å². The number of amides is 1. The molecule has 1 amide bonds. The standard InChI is InChI=1S/C27H23NO6/c1-18-7-5-6-10-23(18)32-17-25(29)33-21-12-11-20-15-22(27(31)34-24(20)16-21)26(30)28-14-13-19-8-3-2-4-9-19/h2-12,15-16H,13-14,17H2,1H3,(H,28,30). The average molecular weight is 457 g/mol. The predicted molar refractivity (Wildman–Crippen MR) is 127 cm³/mol. The zero-order valence-corrected chi connectivity index (χ0v) is 18.6. The molecule has 1 N–H and O–H groups in total. The number of carbonyl (C=O) groups excluding carboxylic acids is 2. The lowest BCUT2D eigenvalue weighted by molar-refractivity contribution is -0.136. The van der Waals surface area contributed by atoms with Crippen LogP contribution in [0.4, 0.5) is 0 Å². The number of esters is 1. The van der Waals surface area contributed by atoms with Gasteiger partial charge in [-0.3, -0.25) is 4.79 Å². The molecule has 7 nitrogen and oxygen atoms in total. The third-order valence-corrected chi connectivity index (χ3v) is 5.16. The van der Waals surface area contributed by atoms with E-state index < -0.39 is 17.5 Å². The molecule has 0 aliphatic rings. The first kappa shape index (κ1) is 22.8. The normalized spacial score (nSPS) is 10.6. The summed E-state index contributed by atoms with van der Waals surface area (Å²) < 4.78 is 16.1. The third-order valence-electron chi connectivity index (χ3n) is 5.16. The molecule has 172 valence electrons. The minimum atomic E-state index is -0.768. The van der Waals surface area contributed by atoms with Crippen LogP contribution in [0.1, 0.15) is 21.5 Å². The summed E-state index contributed by atoms with van der Waals surface area (Å²) in [6.07, 6.45) is 0.647. The Bertz CT molecular complexity index is 1380. The number of hydrogen-bond acceptors (Lipinski definition) is 6. The van der Waals surface area contributed by atoms with Gasteiger partial charge in [-0.15, -0.1) is 0 Å². The molecule has 0 aliphatic carbocycles. The lowest BCUT2D eigenvalue weighted by Gasteiger charge is -2.09. The van der Waals surface area contributed by atoms with E-state index in [9.17, 15) is 14.4 Å². The Kier molecular flexibility index (Phi) is 7.03. The van der Waals surface area contributed by atoms with Crippen LogP contribution in [-0.2, 0) is 11.2 Å². The molecule has 0 aliphatic heterocycles. The van der Waals surface area contributed by atoms with E-state index in [1.807, 2.05) is 55.5 Å². The maximum atomic E-state index is 12.5. The van der Waals surface area contributed by atoms with Crippen molar-refractivity contribution in [2.24, 2.45) is 0 Å². The van der Waals surface area contributed by atoms with Crippen LogP contribution in [0.2, 0.25) is 0 Å². The van der Waals surface area contributed by atoms with E-state index in [0.717, 1.165) is 11.1 Å². The van der Waals surface area contributed by atoms with Crippen molar-refractivity contribution in [3.8, 4) is 11.5 Å². The molecule has 1 heterocycles. The lowest BCUT2D eigenvalue weighted by Crippen LogP contribution is -2.29. The van der Waals surface area contributed by atoms with Crippen LogP contribution in [-0.4, -0.2) is 25.0 Å². The highest BCUT2D eigenvalue weighted by atomic mass is 16.6. The molecule has 0 bridgehead atoms. The van der Waals surface area contributed by atoms with Gasteiger partial charge < -0.3 is 19.2 Å². The first-order chi connectivity index (χ1) is 16.5. The number of benzene rings is 3. The molecule has 0 saturated heterocycles. The van der Waals surface area contributed by atoms with Gasteiger partial charge in [0.2, 0.25) is 0 Å². The first-order valence-electron chi connectivity index (χ1n) is 10.8. The maximum absolute atomic E-state index is 12.5. The fourth-order valence-electron chi connectivity index (χ4n) is 3.39. The van der Waals surface area contributed by atoms with Crippen molar-refractivity contribution in [3.63, 3.8) is 0 Å². The monoisotopic (exact) mass is 457 g/mol. The Labute approximate surface area is 195 Å². The van der Waals surface area contributed by atoms with Gasteiger partial charge in [-0.25, -0.2) is 9.59 Å². The molecule has 0 fully saturated rings. The van der Waals surface area contributed by atoms with Crippen molar-refractivity contribution >= 4 is 22.8 Å². The molecular formula is C27H23NO6. The van der Waals surface area contributed by atoms with Crippen molar-refractivity contribution < 1.29 is 23.5 Å². The minimum Gasteiger partial charge on any atom is -0.482 e. The number of nitrogens with one attached hydrogen (secondary N) is 1. The molecule has 0 radical (unpaired) electrons. The molecule has 0 saturated carbocycles. The number of aryl methyl sites for hydroxylation is 1. The van der Waals surface area contributed by atoms with Gasteiger partial charge in [-0.1, -0.05) is 48.5 Å². The maximum Gasteiger partial charge on any atom is 0.349 e. The summed E-state index contributed by atoms with van der Waals surface area (Å²) in [6, 6.07) is 23.1. The van der Waals surface area contributed by atoms with Gasteiger partial charge in [-0.05, 0) is 48.7 Å². The highest BCUT2D eigenvalue weighted by Gasteiger charge is 2.15. The fourth-order valence-corrected chi connectivity index (χ4v) is 3.39. The molecule has 7 heteroatoms. The van der Waals surface area contributed by atoms with Gasteiger partial charge in [0.15, 0.2) is 6.61 Å². The van der Waals surface area contributed by atoms with Crippen molar-refractivity contribution in [2.75, 3.05) is 13.2 Å². The summed E-state index contributed by atoms with van der Waals surface area (Å²) in [5, 5.41) is 3.27. The molecular weight excluding hydrogens is 434 g/mol. The second kappa shape index (κ2) is 10.5. The second-order valence-corrected chi connectivity index (χ2v) is 7.67. The van der Waals surface area contributed by atoms with E-state index in [4.69, 9.17) is 13.9 Å². The Morgan fingerprint density at radius 3 is 2.50 bits per heavy atom. The quantitative estimate of drug-likeness (QED) is 0.244. The molecule has 1 aromatic heterocycles. The summed E-state index contributed by atoms with van der Waals surface area (Å²) in [7, 11) is 0. The largest absolute Gasteiger partial charge is 0.482 e. The molecule has 0 atom stereocenters. The molecule has 34 heavy (non-hydrogen) atoms. The summed E-state index contributed by atoms with van der Waals surface area (Å²) in [5.41, 5.74) is 1.34. The van der Waals surface area contributed by atoms with Gasteiger partial charge in [0.1, 0.15) is 22.6 Å². The minimum absolute atomic E-state index is 0.0862. The summed E-state index contributed by atoms with van der Waals surface area (Å²) in [6.45, 7) is 2.00. The summed E-state index contributed by atoms with van der Waals surface area (Å²) in [5.74, 6) is -0.303. The fraction of sp³-hybridized carbons (Fsp3) is 0.148. The van der Waals surface area contributed by atoms with Crippen LogP contribution < -0.4 is 20.4 Å². The SMILES string of the molecule is Cc1ccccc1OCC(=O)Oc1ccc2cc(C(=O)NCCc3ccccc3)c(=O)oc2c1. The topological polar surface area (TPSA) is 94.8 Å². The molecule has 3 aromatic carbocycles. The second-order valence-electron chi connectivity index (χ2n) is 7.67. The Morgan fingerprint density at radius 2 is 1.71 bits per heavy atom. The molecule has 4 aromatic rings. The van der Waals surface area contributed by atoms with Gasteiger partial charge in [-0.2, -0.15) is 0 Å². The number of rotatable bonds is 8. The van der Waals surface area contributed by atoms with E-state index in [-0.39, 0.29) is 23.5 Å². The lowest BCUT2D eigenvalue weighted by atomic mass is 10.1. The molecule has 0 unspecified atom stereocenters. The zero-order valence-electron chi connectivity index (χ0n) is 18.6. The average Bonchev–Trinajstić information content (AvgIpc) is 2.83. The van der Waals surface area contributed by atoms with Gasteiger partial charge in [0, 0.05) is 18.0 Å². The number of fused-ring (bicyclic) bond motifs is 1. The van der Waals surface area contributed by atoms with Crippen LogP contribution in [0.3, 0.4) is 0 Å². The van der Waals surface area contributed by atoms with E-state index in [2.05, 4.69) is 5.32 Å². The van der Waals surface area contributed by atoms with Gasteiger partial charge in [0.25, 0.3) is 5.91 Å². The highest BCUT2D eigenvalue weighted by Crippen LogP contribution is 2.21. The summed E-state index contributed by atoms with van der Waals surface area (Å²) in [4.78, 5) is 37.0. The number of ether oxygens (including phenoxy) is 2. The predicted octanol–water partition coefficient (Wildman–Crippen LogP) is 4.06. The van der Waals surface area contributed by atoms with Crippen LogP contribution in [0, 0.1) is 6.92 Å².